The zero-order valence-corrected chi connectivity index (χ0v) is 17.9. The van der Waals surface area contributed by atoms with Crippen LogP contribution in [0.15, 0.2) is 42.5 Å². The predicted octanol–water partition coefficient (Wildman–Crippen LogP) is 2.63. The summed E-state index contributed by atoms with van der Waals surface area (Å²) in [5.74, 6) is 1.66. The van der Waals surface area contributed by atoms with Crippen LogP contribution in [0.4, 0.5) is 0 Å². The Morgan fingerprint density at radius 1 is 1.07 bits per heavy atom. The lowest BCUT2D eigenvalue weighted by Gasteiger charge is -2.35. The third-order valence-electron chi connectivity index (χ3n) is 5.41. The molecule has 30 heavy (non-hydrogen) atoms. The maximum atomic E-state index is 10.4. The minimum atomic E-state index is -0.535. The highest BCUT2D eigenvalue weighted by Crippen LogP contribution is 2.22. The van der Waals surface area contributed by atoms with E-state index in [1.807, 2.05) is 30.3 Å². The van der Waals surface area contributed by atoms with Crippen LogP contribution in [-0.2, 0) is 13.0 Å². The molecule has 6 heteroatoms. The summed E-state index contributed by atoms with van der Waals surface area (Å²) in [6, 6.07) is 15.9. The van der Waals surface area contributed by atoms with E-state index in [0.717, 1.165) is 44.0 Å². The fourth-order valence-corrected chi connectivity index (χ4v) is 3.74. The maximum Gasteiger partial charge on any atom is 0.123 e. The summed E-state index contributed by atoms with van der Waals surface area (Å²) in [7, 11) is 1.72. The van der Waals surface area contributed by atoms with Crippen molar-refractivity contribution in [3.05, 3.63) is 59.2 Å². The molecular weight excluding hydrogens is 378 g/mol. The van der Waals surface area contributed by atoms with E-state index in [-0.39, 0.29) is 6.61 Å². The minimum absolute atomic E-state index is 0.262. The smallest absolute Gasteiger partial charge is 0.123 e. The third kappa shape index (κ3) is 6.46. The highest BCUT2D eigenvalue weighted by atomic mass is 16.5. The number of β-amino-alcohol motifs (C(OH)–C–C–N with tert-alkyl or cyclic N) is 1. The summed E-state index contributed by atoms with van der Waals surface area (Å²) in [5.41, 5.74) is 3.43. The molecule has 1 aliphatic heterocycles. The van der Waals surface area contributed by atoms with Crippen LogP contribution in [0, 0.1) is 18.3 Å². The number of hydrogen-bond acceptors (Lipinski definition) is 6. The van der Waals surface area contributed by atoms with Gasteiger partial charge in [0.25, 0.3) is 0 Å². The lowest BCUT2D eigenvalue weighted by Crippen LogP contribution is -2.48. The first-order valence-corrected chi connectivity index (χ1v) is 10.4. The highest BCUT2D eigenvalue weighted by Gasteiger charge is 2.20. The molecule has 1 aliphatic rings. The van der Waals surface area contributed by atoms with Gasteiger partial charge in [-0.15, -0.1) is 0 Å². The lowest BCUT2D eigenvalue weighted by atomic mass is 10.1. The molecule has 0 bridgehead atoms. The van der Waals surface area contributed by atoms with E-state index in [1.165, 1.54) is 11.1 Å². The van der Waals surface area contributed by atoms with E-state index in [9.17, 15) is 5.11 Å². The van der Waals surface area contributed by atoms with Gasteiger partial charge in [-0.3, -0.25) is 9.80 Å². The van der Waals surface area contributed by atoms with Crippen LogP contribution in [0.3, 0.4) is 0 Å². The molecule has 0 saturated carbocycles. The number of piperazine rings is 1. The zero-order valence-electron chi connectivity index (χ0n) is 17.9. The van der Waals surface area contributed by atoms with Crippen LogP contribution in [-0.4, -0.2) is 67.5 Å². The summed E-state index contributed by atoms with van der Waals surface area (Å²) in [4.78, 5) is 4.72. The van der Waals surface area contributed by atoms with Crippen LogP contribution in [0.1, 0.15) is 16.7 Å². The third-order valence-corrected chi connectivity index (χ3v) is 5.41. The maximum absolute atomic E-state index is 10.4. The Balaban J connectivity index is 1.40. The second-order valence-electron chi connectivity index (χ2n) is 7.84. The van der Waals surface area contributed by atoms with Gasteiger partial charge in [0.2, 0.25) is 0 Å². The molecule has 0 unspecified atom stereocenters. The molecule has 3 rings (SSSR count). The topological polar surface area (TPSA) is 69.0 Å². The quantitative estimate of drug-likeness (QED) is 0.687. The standard InChI is InChI=1S/C24H31N3O3/c1-19-3-8-24(29-2)21(15-19)16-26-11-13-27(14-12-26)17-22(28)18-30-23-6-4-20(5-7-23)9-10-25/h3-8,15,22,28H,9,11-14,16-18H2,1-2H3/t22-/m1/s1. The Bertz CT molecular complexity index is 840. The van der Waals surface area contributed by atoms with Crippen LogP contribution in [0.5, 0.6) is 11.5 Å². The van der Waals surface area contributed by atoms with Crippen molar-refractivity contribution in [2.75, 3.05) is 46.4 Å². The molecule has 0 aromatic heterocycles. The SMILES string of the molecule is COc1ccc(C)cc1CN1CCN(C[C@@H](O)COc2ccc(CC#N)cc2)CC1. The molecule has 0 radical (unpaired) electrons. The molecule has 1 saturated heterocycles. The Morgan fingerprint density at radius 3 is 2.43 bits per heavy atom. The fraction of sp³-hybridized carbons (Fsp3) is 0.458. The molecule has 6 nitrogen and oxygen atoms in total. The van der Waals surface area contributed by atoms with Crippen molar-refractivity contribution in [2.24, 2.45) is 0 Å². The number of aryl methyl sites for hydroxylation is 1. The van der Waals surface area contributed by atoms with E-state index >= 15 is 0 Å². The number of ether oxygens (including phenoxy) is 2. The monoisotopic (exact) mass is 409 g/mol. The van der Waals surface area contributed by atoms with Gasteiger partial charge < -0.3 is 14.6 Å². The molecule has 1 atom stereocenters. The normalized spacial score (nSPS) is 16.1. The molecule has 160 valence electrons. The minimum Gasteiger partial charge on any atom is -0.496 e. The number of hydrogen-bond donors (Lipinski definition) is 1. The summed E-state index contributed by atoms with van der Waals surface area (Å²) in [6.07, 6.45) is -0.141. The number of methoxy groups -OCH3 is 1. The number of benzene rings is 2. The van der Waals surface area contributed by atoms with Crippen molar-refractivity contribution in [1.29, 1.82) is 5.26 Å². The van der Waals surface area contributed by atoms with Crippen molar-refractivity contribution in [3.8, 4) is 17.6 Å². The Hall–Kier alpha value is -2.59. The zero-order chi connectivity index (χ0) is 21.3. The number of aliphatic hydroxyl groups is 1. The Labute approximate surface area is 179 Å². The van der Waals surface area contributed by atoms with Gasteiger partial charge in [-0.2, -0.15) is 5.26 Å². The summed E-state index contributed by atoms with van der Waals surface area (Å²) in [6.45, 7) is 7.63. The van der Waals surface area contributed by atoms with Gasteiger partial charge in [-0.1, -0.05) is 29.8 Å². The largest absolute Gasteiger partial charge is 0.496 e. The molecule has 0 amide bonds. The van der Waals surface area contributed by atoms with Gasteiger partial charge in [-0.25, -0.2) is 0 Å². The van der Waals surface area contributed by atoms with Crippen molar-refractivity contribution in [3.63, 3.8) is 0 Å². The van der Waals surface area contributed by atoms with Gasteiger partial charge >= 0.3 is 0 Å². The van der Waals surface area contributed by atoms with Crippen LogP contribution in [0.2, 0.25) is 0 Å². The van der Waals surface area contributed by atoms with Crippen LogP contribution in [0.25, 0.3) is 0 Å². The van der Waals surface area contributed by atoms with Crippen molar-refractivity contribution >= 4 is 0 Å². The molecule has 1 fully saturated rings. The van der Waals surface area contributed by atoms with E-state index in [2.05, 4.69) is 34.9 Å². The van der Waals surface area contributed by atoms with E-state index in [1.54, 1.807) is 7.11 Å². The van der Waals surface area contributed by atoms with Gasteiger partial charge in [0.05, 0.1) is 19.6 Å². The summed E-state index contributed by atoms with van der Waals surface area (Å²) < 4.78 is 11.2. The molecule has 1 N–H and O–H groups in total. The molecular formula is C24H31N3O3. The lowest BCUT2D eigenvalue weighted by molar-refractivity contribution is 0.0445. The molecule has 2 aromatic carbocycles. The number of aliphatic hydroxyl groups excluding tert-OH is 1. The van der Waals surface area contributed by atoms with Gasteiger partial charge in [0.15, 0.2) is 0 Å². The van der Waals surface area contributed by atoms with Crippen molar-refractivity contribution in [2.45, 2.75) is 26.0 Å². The van der Waals surface area contributed by atoms with Gasteiger partial charge in [-0.05, 0) is 30.7 Å². The Kier molecular flexibility index (Phi) is 8.09. The first-order chi connectivity index (χ1) is 14.6. The second-order valence-corrected chi connectivity index (χ2v) is 7.84. The highest BCUT2D eigenvalue weighted by molar-refractivity contribution is 5.36. The van der Waals surface area contributed by atoms with E-state index in [0.29, 0.717) is 18.7 Å². The van der Waals surface area contributed by atoms with Crippen LogP contribution >= 0.6 is 0 Å². The first kappa shape index (κ1) is 22.1. The average Bonchev–Trinajstić information content (AvgIpc) is 2.75. The molecule has 2 aromatic rings. The fourth-order valence-electron chi connectivity index (χ4n) is 3.74. The van der Waals surface area contributed by atoms with Crippen molar-refractivity contribution < 1.29 is 14.6 Å². The molecule has 1 heterocycles. The predicted molar refractivity (Wildman–Crippen MR) is 117 cm³/mol. The number of nitrogens with zero attached hydrogens (tertiary/aromatic N) is 3. The van der Waals surface area contributed by atoms with E-state index < -0.39 is 6.10 Å². The van der Waals surface area contributed by atoms with Gasteiger partial charge in [0.1, 0.15) is 24.2 Å². The van der Waals surface area contributed by atoms with Crippen molar-refractivity contribution in [1.82, 2.24) is 9.80 Å². The molecule has 0 spiro atoms. The summed E-state index contributed by atoms with van der Waals surface area (Å²) in [5, 5.41) is 19.1. The van der Waals surface area contributed by atoms with E-state index in [4.69, 9.17) is 14.7 Å². The van der Waals surface area contributed by atoms with Gasteiger partial charge in [0, 0.05) is 44.8 Å². The first-order valence-electron chi connectivity index (χ1n) is 10.4. The average molecular weight is 410 g/mol. The summed E-state index contributed by atoms with van der Waals surface area (Å²) >= 11 is 0. The number of rotatable bonds is 9. The molecule has 0 aliphatic carbocycles. The number of nitriles is 1. The van der Waals surface area contributed by atoms with Crippen LogP contribution < -0.4 is 9.47 Å². The second kappa shape index (κ2) is 11.0. The Morgan fingerprint density at radius 2 is 1.77 bits per heavy atom.